The maximum atomic E-state index is 14.2. The minimum absolute atomic E-state index is 0.0188. The van der Waals surface area contributed by atoms with E-state index in [9.17, 15) is 18.8 Å². The molecule has 0 N–H and O–H groups in total. The number of halogens is 1. The molecule has 0 aliphatic carbocycles. The Kier molecular flexibility index (Phi) is 5.54. The van der Waals surface area contributed by atoms with Crippen molar-refractivity contribution in [3.8, 4) is 5.69 Å². The second kappa shape index (κ2) is 8.29. The van der Waals surface area contributed by atoms with E-state index in [1.807, 2.05) is 31.2 Å². The molecule has 0 bridgehead atoms. The number of rotatable bonds is 4. The molecule has 1 aliphatic heterocycles. The lowest BCUT2D eigenvalue weighted by Crippen LogP contribution is -2.46. The fourth-order valence-electron chi connectivity index (χ4n) is 3.62. The van der Waals surface area contributed by atoms with Gasteiger partial charge in [0.05, 0.1) is 12.2 Å². The van der Waals surface area contributed by atoms with Crippen molar-refractivity contribution in [2.45, 2.75) is 33.2 Å². The molecule has 7 nitrogen and oxygen atoms in total. The molecule has 2 aromatic carbocycles. The first kappa shape index (κ1) is 20.7. The third-order valence-corrected chi connectivity index (χ3v) is 5.52. The van der Waals surface area contributed by atoms with E-state index in [1.165, 1.54) is 18.2 Å². The molecule has 1 aliphatic rings. The van der Waals surface area contributed by atoms with E-state index in [2.05, 4.69) is 5.10 Å². The Morgan fingerprint density at radius 3 is 2.35 bits per heavy atom. The zero-order valence-electron chi connectivity index (χ0n) is 17.5. The second-order valence-corrected chi connectivity index (χ2v) is 7.85. The van der Waals surface area contributed by atoms with Gasteiger partial charge in [-0.1, -0.05) is 35.9 Å². The lowest BCUT2D eigenvalue weighted by molar-refractivity contribution is 0.0781. The first-order valence-corrected chi connectivity index (χ1v) is 10.2. The van der Waals surface area contributed by atoms with E-state index < -0.39 is 23.0 Å². The number of carbonyl (C=O) groups excluding carboxylic acids is 1. The predicted molar refractivity (Wildman–Crippen MR) is 114 cm³/mol. The van der Waals surface area contributed by atoms with Crippen LogP contribution in [-0.2, 0) is 6.54 Å². The van der Waals surface area contributed by atoms with Gasteiger partial charge >= 0.3 is 5.69 Å². The average Bonchev–Trinajstić information content (AvgIpc) is 3.29. The highest BCUT2D eigenvalue weighted by Gasteiger charge is 2.26. The van der Waals surface area contributed by atoms with Crippen molar-refractivity contribution in [3.63, 3.8) is 0 Å². The lowest BCUT2D eigenvalue weighted by Gasteiger charge is -2.17. The van der Waals surface area contributed by atoms with Crippen LogP contribution in [0, 0.1) is 19.7 Å². The van der Waals surface area contributed by atoms with E-state index in [-0.39, 0.29) is 17.9 Å². The summed E-state index contributed by atoms with van der Waals surface area (Å²) < 4.78 is 16.1. The van der Waals surface area contributed by atoms with Crippen LogP contribution >= 0.6 is 0 Å². The first-order chi connectivity index (χ1) is 14.8. The minimum Gasteiger partial charge on any atom is -0.337 e. The number of hydrogen-bond donors (Lipinski definition) is 0. The van der Waals surface area contributed by atoms with Crippen molar-refractivity contribution in [2.24, 2.45) is 0 Å². The quantitative estimate of drug-likeness (QED) is 0.647. The lowest BCUT2D eigenvalue weighted by atomic mass is 10.1. The summed E-state index contributed by atoms with van der Waals surface area (Å²) in [6.07, 6.45) is 1.71. The third kappa shape index (κ3) is 4.05. The van der Waals surface area contributed by atoms with Gasteiger partial charge in [0.15, 0.2) is 0 Å². The third-order valence-electron chi connectivity index (χ3n) is 5.52. The normalized spacial score (nSPS) is 13.6. The van der Waals surface area contributed by atoms with Crippen molar-refractivity contribution in [3.05, 3.63) is 91.5 Å². The molecular formula is C23H23FN4O3. The highest BCUT2D eigenvalue weighted by atomic mass is 19.1. The van der Waals surface area contributed by atoms with Gasteiger partial charge in [-0.15, -0.1) is 0 Å². The van der Waals surface area contributed by atoms with Crippen LogP contribution in [0.25, 0.3) is 5.69 Å². The first-order valence-electron chi connectivity index (χ1n) is 10.2. The molecule has 160 valence electrons. The fourth-order valence-corrected chi connectivity index (χ4v) is 3.62. The zero-order chi connectivity index (χ0) is 22.1. The minimum atomic E-state index is -0.744. The molecular weight excluding hydrogens is 399 g/mol. The summed E-state index contributed by atoms with van der Waals surface area (Å²) in [5.41, 5.74) is 0.535. The molecule has 1 fully saturated rings. The Morgan fingerprint density at radius 2 is 1.71 bits per heavy atom. The highest BCUT2D eigenvalue weighted by molar-refractivity contribution is 5.92. The molecule has 0 radical (unpaired) electrons. The Labute approximate surface area is 178 Å². The summed E-state index contributed by atoms with van der Waals surface area (Å²) in [6.45, 7) is 4.60. The molecule has 8 heteroatoms. The summed E-state index contributed by atoms with van der Waals surface area (Å²) >= 11 is 0. The topological polar surface area (TPSA) is 77.2 Å². The van der Waals surface area contributed by atoms with Crippen LogP contribution < -0.4 is 11.2 Å². The molecule has 31 heavy (non-hydrogen) atoms. The Hall–Kier alpha value is -3.55. The summed E-state index contributed by atoms with van der Waals surface area (Å²) in [4.78, 5) is 40.9. The summed E-state index contributed by atoms with van der Waals surface area (Å²) in [6, 6.07) is 11.6. The maximum absolute atomic E-state index is 14.2. The van der Waals surface area contributed by atoms with Crippen molar-refractivity contribution in [1.82, 2.24) is 19.2 Å². The molecule has 0 saturated carbocycles. The average molecular weight is 422 g/mol. The standard InChI is InChI=1S/C23H23FN4O3/c1-15-5-8-17(9-6-15)14-27-22(30)20(21(29)26-11-3-4-12-26)25-28(23(27)31)18-10-7-16(2)19(24)13-18/h5-10,13H,3-4,11-12,14H2,1-2H3. The molecule has 0 atom stereocenters. The van der Waals surface area contributed by atoms with Gasteiger partial charge in [0.1, 0.15) is 5.82 Å². The Balaban J connectivity index is 1.89. The van der Waals surface area contributed by atoms with Crippen molar-refractivity contribution in [2.75, 3.05) is 13.1 Å². The van der Waals surface area contributed by atoms with Gasteiger partial charge in [-0.3, -0.25) is 14.2 Å². The monoisotopic (exact) mass is 422 g/mol. The van der Waals surface area contributed by atoms with Crippen LogP contribution in [-0.4, -0.2) is 38.2 Å². The molecule has 3 aromatic rings. The largest absolute Gasteiger partial charge is 0.352 e. The number of amides is 1. The predicted octanol–water partition coefficient (Wildman–Crippen LogP) is 2.43. The molecule has 0 unspecified atom stereocenters. The van der Waals surface area contributed by atoms with E-state index in [1.54, 1.807) is 11.8 Å². The van der Waals surface area contributed by atoms with Crippen molar-refractivity contribution in [1.29, 1.82) is 0 Å². The highest BCUT2D eigenvalue weighted by Crippen LogP contribution is 2.13. The summed E-state index contributed by atoms with van der Waals surface area (Å²) in [5, 5.41) is 4.09. The number of nitrogens with zero attached hydrogens (tertiary/aromatic N) is 4. The SMILES string of the molecule is Cc1ccc(Cn2c(=O)c(C(=O)N3CCCC3)nn(-c3ccc(C)c(F)c3)c2=O)cc1. The molecule has 4 rings (SSSR count). The molecule has 2 heterocycles. The van der Waals surface area contributed by atoms with E-state index in [0.717, 1.165) is 33.2 Å². The number of aryl methyl sites for hydroxylation is 2. The number of benzene rings is 2. The van der Waals surface area contributed by atoms with Crippen LogP contribution in [0.2, 0.25) is 0 Å². The molecule has 1 saturated heterocycles. The zero-order valence-corrected chi connectivity index (χ0v) is 17.5. The van der Waals surface area contributed by atoms with Gasteiger partial charge in [0, 0.05) is 19.2 Å². The van der Waals surface area contributed by atoms with Crippen molar-refractivity contribution < 1.29 is 9.18 Å². The Morgan fingerprint density at radius 1 is 1.03 bits per heavy atom. The van der Waals surface area contributed by atoms with Crippen LogP contribution in [0.3, 0.4) is 0 Å². The Bertz CT molecular complexity index is 1260. The van der Waals surface area contributed by atoms with Crippen LogP contribution in [0.15, 0.2) is 52.1 Å². The van der Waals surface area contributed by atoms with Gasteiger partial charge in [-0.2, -0.15) is 9.78 Å². The van der Waals surface area contributed by atoms with Crippen LogP contribution in [0.1, 0.15) is 40.0 Å². The van der Waals surface area contributed by atoms with Gasteiger partial charge in [0.2, 0.25) is 5.69 Å². The smallest absolute Gasteiger partial charge is 0.337 e. The summed E-state index contributed by atoms with van der Waals surface area (Å²) in [5.74, 6) is -1.02. The van der Waals surface area contributed by atoms with Gasteiger partial charge in [0.25, 0.3) is 11.5 Å². The van der Waals surface area contributed by atoms with E-state index in [4.69, 9.17) is 0 Å². The number of hydrogen-bond acceptors (Lipinski definition) is 4. The molecule has 0 spiro atoms. The van der Waals surface area contributed by atoms with Gasteiger partial charge in [-0.25, -0.2) is 9.18 Å². The van der Waals surface area contributed by atoms with Crippen molar-refractivity contribution >= 4 is 5.91 Å². The number of carbonyl (C=O) groups is 1. The van der Waals surface area contributed by atoms with Gasteiger partial charge in [-0.05, 0) is 43.9 Å². The fraction of sp³-hybridized carbons (Fsp3) is 0.304. The summed E-state index contributed by atoms with van der Waals surface area (Å²) in [7, 11) is 0. The molecule has 1 amide bonds. The van der Waals surface area contributed by atoms with Crippen LogP contribution in [0.4, 0.5) is 4.39 Å². The number of likely N-dealkylation sites (tertiary alicyclic amines) is 1. The second-order valence-electron chi connectivity index (χ2n) is 7.85. The maximum Gasteiger partial charge on any atom is 0.352 e. The van der Waals surface area contributed by atoms with Crippen LogP contribution in [0.5, 0.6) is 0 Å². The van der Waals surface area contributed by atoms with Gasteiger partial charge < -0.3 is 4.90 Å². The van der Waals surface area contributed by atoms with E-state index >= 15 is 0 Å². The van der Waals surface area contributed by atoms with E-state index in [0.29, 0.717) is 18.7 Å². The number of aromatic nitrogens is 3. The molecule has 1 aromatic heterocycles.